The molecule has 0 spiro atoms. The minimum Gasteiger partial charge on any atom is -0.497 e. The van der Waals surface area contributed by atoms with E-state index < -0.39 is 5.97 Å². The first-order valence-corrected chi connectivity index (χ1v) is 5.22. The standard InChI is InChI=1S/C12H17NO3/c1-16-11-5-2-9(3-6-11)8-10(13)4-7-12(14)15/h2-3,5-6,10H,4,7-8,13H2,1H3,(H,14,15). The average Bonchev–Trinajstić information content (AvgIpc) is 2.27. The Kier molecular flexibility index (Phi) is 4.79. The topological polar surface area (TPSA) is 72.5 Å². The number of carbonyl (C=O) groups is 1. The van der Waals surface area contributed by atoms with E-state index in [1.54, 1.807) is 7.11 Å². The lowest BCUT2D eigenvalue weighted by molar-refractivity contribution is -0.137. The van der Waals surface area contributed by atoms with Crippen LogP contribution < -0.4 is 10.5 Å². The van der Waals surface area contributed by atoms with Gasteiger partial charge in [0.25, 0.3) is 0 Å². The maximum atomic E-state index is 10.4. The van der Waals surface area contributed by atoms with E-state index in [0.717, 1.165) is 11.3 Å². The molecule has 1 atom stereocenters. The Hall–Kier alpha value is -1.55. The van der Waals surface area contributed by atoms with Crippen molar-refractivity contribution in [1.82, 2.24) is 0 Å². The normalized spacial score (nSPS) is 12.1. The van der Waals surface area contributed by atoms with Crippen LogP contribution in [0.3, 0.4) is 0 Å². The molecule has 4 heteroatoms. The van der Waals surface area contributed by atoms with E-state index in [-0.39, 0.29) is 12.5 Å². The zero-order valence-electron chi connectivity index (χ0n) is 9.35. The van der Waals surface area contributed by atoms with Crippen molar-refractivity contribution in [3.05, 3.63) is 29.8 Å². The Morgan fingerprint density at radius 1 is 1.44 bits per heavy atom. The fourth-order valence-corrected chi connectivity index (χ4v) is 1.48. The number of nitrogens with two attached hydrogens (primary N) is 1. The number of ether oxygens (including phenoxy) is 1. The molecule has 0 radical (unpaired) electrons. The zero-order valence-corrected chi connectivity index (χ0v) is 9.35. The van der Waals surface area contributed by atoms with Gasteiger partial charge in [0.15, 0.2) is 0 Å². The summed E-state index contributed by atoms with van der Waals surface area (Å²) < 4.78 is 5.04. The van der Waals surface area contributed by atoms with Gasteiger partial charge >= 0.3 is 5.97 Å². The quantitative estimate of drug-likeness (QED) is 0.765. The smallest absolute Gasteiger partial charge is 0.303 e. The summed E-state index contributed by atoms with van der Waals surface area (Å²) >= 11 is 0. The molecule has 1 unspecified atom stereocenters. The molecular formula is C12H17NO3. The van der Waals surface area contributed by atoms with Gasteiger partial charge in [-0.05, 0) is 30.5 Å². The number of carboxylic acids is 1. The van der Waals surface area contributed by atoms with Gasteiger partial charge in [-0.3, -0.25) is 4.79 Å². The second-order valence-electron chi connectivity index (χ2n) is 3.74. The molecule has 1 aromatic rings. The molecule has 0 saturated heterocycles. The summed E-state index contributed by atoms with van der Waals surface area (Å²) in [4.78, 5) is 10.4. The second kappa shape index (κ2) is 6.12. The molecule has 0 saturated carbocycles. The van der Waals surface area contributed by atoms with Gasteiger partial charge in [-0.15, -0.1) is 0 Å². The van der Waals surface area contributed by atoms with Crippen LogP contribution in [0.5, 0.6) is 5.75 Å². The van der Waals surface area contributed by atoms with E-state index in [1.807, 2.05) is 24.3 Å². The molecule has 1 rings (SSSR count). The predicted octanol–water partition coefficient (Wildman–Crippen LogP) is 1.43. The number of benzene rings is 1. The van der Waals surface area contributed by atoms with Crippen LogP contribution in [0.25, 0.3) is 0 Å². The summed E-state index contributed by atoms with van der Waals surface area (Å²) in [5.41, 5.74) is 6.93. The van der Waals surface area contributed by atoms with Gasteiger partial charge in [0.2, 0.25) is 0 Å². The molecule has 0 bridgehead atoms. The van der Waals surface area contributed by atoms with Crippen molar-refractivity contribution in [1.29, 1.82) is 0 Å². The van der Waals surface area contributed by atoms with Crippen LogP contribution >= 0.6 is 0 Å². The third-order valence-corrected chi connectivity index (χ3v) is 2.39. The summed E-state index contributed by atoms with van der Waals surface area (Å²) in [6.45, 7) is 0. The predicted molar refractivity (Wildman–Crippen MR) is 61.5 cm³/mol. The van der Waals surface area contributed by atoms with Crippen molar-refractivity contribution in [3.63, 3.8) is 0 Å². The number of carboxylic acid groups (broad SMARTS) is 1. The summed E-state index contributed by atoms with van der Waals surface area (Å²) in [5, 5.41) is 8.52. The van der Waals surface area contributed by atoms with E-state index in [0.29, 0.717) is 12.8 Å². The summed E-state index contributed by atoms with van der Waals surface area (Å²) in [7, 11) is 1.62. The molecule has 0 aliphatic rings. The number of rotatable bonds is 6. The molecule has 0 heterocycles. The largest absolute Gasteiger partial charge is 0.497 e. The van der Waals surface area contributed by atoms with Gasteiger partial charge in [-0.25, -0.2) is 0 Å². The lowest BCUT2D eigenvalue weighted by Gasteiger charge is -2.10. The first-order valence-electron chi connectivity index (χ1n) is 5.22. The van der Waals surface area contributed by atoms with Gasteiger partial charge in [0.1, 0.15) is 5.75 Å². The minimum atomic E-state index is -0.801. The summed E-state index contributed by atoms with van der Waals surface area (Å²) in [6.07, 6.45) is 1.32. The number of aliphatic carboxylic acids is 1. The molecular weight excluding hydrogens is 206 g/mol. The Balaban J connectivity index is 2.43. The molecule has 0 aliphatic carbocycles. The zero-order chi connectivity index (χ0) is 12.0. The number of hydrogen-bond donors (Lipinski definition) is 2. The van der Waals surface area contributed by atoms with E-state index >= 15 is 0 Å². The summed E-state index contributed by atoms with van der Waals surface area (Å²) in [5.74, 6) is 0.00744. The highest BCUT2D eigenvalue weighted by atomic mass is 16.5. The third kappa shape index (κ3) is 4.31. The second-order valence-corrected chi connectivity index (χ2v) is 3.74. The Labute approximate surface area is 95.0 Å². The highest BCUT2D eigenvalue weighted by Gasteiger charge is 2.06. The van der Waals surface area contributed by atoms with Crippen molar-refractivity contribution in [2.75, 3.05) is 7.11 Å². The monoisotopic (exact) mass is 223 g/mol. The first-order chi connectivity index (χ1) is 7.61. The Morgan fingerprint density at radius 2 is 2.06 bits per heavy atom. The van der Waals surface area contributed by atoms with Crippen LogP contribution in [0.1, 0.15) is 18.4 Å². The van der Waals surface area contributed by atoms with Crippen molar-refractivity contribution in [2.24, 2.45) is 5.73 Å². The van der Waals surface area contributed by atoms with Crippen LogP contribution in [0.15, 0.2) is 24.3 Å². The number of methoxy groups -OCH3 is 1. The van der Waals surface area contributed by atoms with Gasteiger partial charge < -0.3 is 15.6 Å². The van der Waals surface area contributed by atoms with Crippen LogP contribution in [0, 0.1) is 0 Å². The van der Waals surface area contributed by atoms with E-state index in [4.69, 9.17) is 15.6 Å². The molecule has 0 fully saturated rings. The molecule has 3 N–H and O–H groups in total. The molecule has 4 nitrogen and oxygen atoms in total. The Morgan fingerprint density at radius 3 is 2.56 bits per heavy atom. The molecule has 1 aromatic carbocycles. The van der Waals surface area contributed by atoms with E-state index in [9.17, 15) is 4.79 Å². The van der Waals surface area contributed by atoms with Crippen LogP contribution in [0.2, 0.25) is 0 Å². The third-order valence-electron chi connectivity index (χ3n) is 2.39. The van der Waals surface area contributed by atoms with E-state index in [1.165, 1.54) is 0 Å². The van der Waals surface area contributed by atoms with Gasteiger partial charge in [-0.1, -0.05) is 12.1 Å². The maximum Gasteiger partial charge on any atom is 0.303 e. The van der Waals surface area contributed by atoms with Crippen LogP contribution in [-0.2, 0) is 11.2 Å². The molecule has 0 aliphatic heterocycles. The van der Waals surface area contributed by atoms with Crippen molar-refractivity contribution >= 4 is 5.97 Å². The number of hydrogen-bond acceptors (Lipinski definition) is 3. The van der Waals surface area contributed by atoms with Gasteiger partial charge in [0, 0.05) is 12.5 Å². The summed E-state index contributed by atoms with van der Waals surface area (Å²) in [6, 6.07) is 7.53. The van der Waals surface area contributed by atoms with Crippen molar-refractivity contribution < 1.29 is 14.6 Å². The minimum absolute atomic E-state index is 0.107. The van der Waals surface area contributed by atoms with Gasteiger partial charge in [-0.2, -0.15) is 0 Å². The SMILES string of the molecule is COc1ccc(CC(N)CCC(=O)O)cc1. The maximum absolute atomic E-state index is 10.4. The Bertz CT molecular complexity index is 335. The lowest BCUT2D eigenvalue weighted by Crippen LogP contribution is -2.23. The van der Waals surface area contributed by atoms with Crippen molar-refractivity contribution in [3.8, 4) is 5.75 Å². The molecule has 16 heavy (non-hydrogen) atoms. The van der Waals surface area contributed by atoms with E-state index in [2.05, 4.69) is 0 Å². The van der Waals surface area contributed by atoms with Crippen LogP contribution in [-0.4, -0.2) is 24.2 Å². The van der Waals surface area contributed by atoms with Gasteiger partial charge in [0.05, 0.1) is 7.11 Å². The molecule has 0 aromatic heterocycles. The highest BCUT2D eigenvalue weighted by Crippen LogP contribution is 2.13. The highest BCUT2D eigenvalue weighted by molar-refractivity contribution is 5.66. The van der Waals surface area contributed by atoms with Crippen LogP contribution in [0.4, 0.5) is 0 Å². The first kappa shape index (κ1) is 12.5. The average molecular weight is 223 g/mol. The van der Waals surface area contributed by atoms with Crippen molar-refractivity contribution in [2.45, 2.75) is 25.3 Å². The fraction of sp³-hybridized carbons (Fsp3) is 0.417. The lowest BCUT2D eigenvalue weighted by atomic mass is 10.0. The molecule has 0 amide bonds. The molecule has 88 valence electrons. The fourth-order valence-electron chi connectivity index (χ4n) is 1.48.